The van der Waals surface area contributed by atoms with Crippen LogP contribution in [-0.2, 0) is 4.79 Å². The molecule has 1 N–H and O–H groups in total. The van der Waals surface area contributed by atoms with Crippen LogP contribution in [0, 0.1) is 5.92 Å². The maximum Gasteiger partial charge on any atom is 0.0671 e. The summed E-state index contributed by atoms with van der Waals surface area (Å²) >= 11 is 0. The monoisotopic (exact) mass is 210 g/mol. The van der Waals surface area contributed by atoms with Gasteiger partial charge in [-0.1, -0.05) is 6.58 Å². The molecular formula is C12H20NO2-. The van der Waals surface area contributed by atoms with Gasteiger partial charge >= 0.3 is 0 Å². The number of carbonyl (C=O) groups excluding carboxylic acids is 1. The van der Waals surface area contributed by atoms with Crippen LogP contribution in [0.25, 0.3) is 0 Å². The van der Waals surface area contributed by atoms with E-state index in [-0.39, 0.29) is 22.6 Å². The third-order valence-corrected chi connectivity index (χ3v) is 2.95. The summed E-state index contributed by atoms with van der Waals surface area (Å²) in [4.78, 5) is 10.8. The van der Waals surface area contributed by atoms with Gasteiger partial charge < -0.3 is 15.2 Å². The molecule has 0 bridgehead atoms. The molecule has 0 spiro atoms. The SMILES string of the molecule is C=C(C(=O)[O-])C1CC(C)(C)NC(C)(C)C1. The van der Waals surface area contributed by atoms with Crippen molar-refractivity contribution in [3.63, 3.8) is 0 Å². The molecule has 0 aliphatic carbocycles. The van der Waals surface area contributed by atoms with E-state index < -0.39 is 5.97 Å². The predicted octanol–water partition coefficient (Wildman–Crippen LogP) is 0.849. The van der Waals surface area contributed by atoms with Gasteiger partial charge in [0.15, 0.2) is 0 Å². The van der Waals surface area contributed by atoms with E-state index in [2.05, 4.69) is 39.6 Å². The number of carbonyl (C=O) groups is 1. The van der Waals surface area contributed by atoms with E-state index in [4.69, 9.17) is 0 Å². The standard InChI is InChI=1S/C12H21NO2/c1-8(10(14)15)9-6-11(2,3)13-12(4,5)7-9/h9,13H,1,6-7H2,2-5H3,(H,14,15)/p-1. The fourth-order valence-corrected chi connectivity index (χ4v) is 2.74. The van der Waals surface area contributed by atoms with E-state index in [9.17, 15) is 9.90 Å². The average molecular weight is 210 g/mol. The van der Waals surface area contributed by atoms with E-state index in [1.807, 2.05) is 0 Å². The van der Waals surface area contributed by atoms with Crippen LogP contribution in [0.4, 0.5) is 0 Å². The molecule has 1 heterocycles. The quantitative estimate of drug-likeness (QED) is 0.687. The number of hydrogen-bond acceptors (Lipinski definition) is 3. The zero-order valence-corrected chi connectivity index (χ0v) is 10.0. The van der Waals surface area contributed by atoms with Gasteiger partial charge in [0.05, 0.1) is 5.97 Å². The molecule has 15 heavy (non-hydrogen) atoms. The van der Waals surface area contributed by atoms with Crippen LogP contribution in [-0.4, -0.2) is 17.0 Å². The molecule has 0 aromatic rings. The Hall–Kier alpha value is -0.830. The maximum absolute atomic E-state index is 10.8. The lowest BCUT2D eigenvalue weighted by Gasteiger charge is -2.47. The minimum Gasteiger partial charge on any atom is -0.545 e. The Morgan fingerprint density at radius 3 is 2.00 bits per heavy atom. The summed E-state index contributed by atoms with van der Waals surface area (Å²) in [6.07, 6.45) is 1.59. The van der Waals surface area contributed by atoms with Crippen molar-refractivity contribution in [3.8, 4) is 0 Å². The second kappa shape index (κ2) is 3.63. The lowest BCUT2D eigenvalue weighted by atomic mass is 9.73. The van der Waals surface area contributed by atoms with Gasteiger partial charge in [-0.25, -0.2) is 0 Å². The van der Waals surface area contributed by atoms with Crippen LogP contribution in [0.3, 0.4) is 0 Å². The van der Waals surface area contributed by atoms with Crippen LogP contribution in [0.2, 0.25) is 0 Å². The van der Waals surface area contributed by atoms with Crippen molar-refractivity contribution < 1.29 is 9.90 Å². The average Bonchev–Trinajstić information content (AvgIpc) is 1.96. The Morgan fingerprint density at radius 1 is 1.27 bits per heavy atom. The Balaban J connectivity index is 2.84. The first-order valence-corrected chi connectivity index (χ1v) is 5.32. The minimum atomic E-state index is -1.12. The molecule has 1 aliphatic rings. The molecule has 1 fully saturated rings. The van der Waals surface area contributed by atoms with Crippen molar-refractivity contribution >= 4 is 5.97 Å². The van der Waals surface area contributed by atoms with Gasteiger partial charge in [0.1, 0.15) is 0 Å². The first-order chi connectivity index (χ1) is 6.63. The molecule has 1 rings (SSSR count). The summed E-state index contributed by atoms with van der Waals surface area (Å²) in [6, 6.07) is 0. The van der Waals surface area contributed by atoms with E-state index in [0.717, 1.165) is 12.8 Å². The Morgan fingerprint density at radius 2 is 1.67 bits per heavy atom. The van der Waals surface area contributed by atoms with Crippen molar-refractivity contribution in [1.29, 1.82) is 0 Å². The fraction of sp³-hybridized carbons (Fsp3) is 0.750. The molecule has 1 saturated heterocycles. The highest BCUT2D eigenvalue weighted by Crippen LogP contribution is 2.35. The van der Waals surface area contributed by atoms with Crippen LogP contribution in [0.1, 0.15) is 40.5 Å². The van der Waals surface area contributed by atoms with Crippen LogP contribution in [0.15, 0.2) is 12.2 Å². The van der Waals surface area contributed by atoms with Gasteiger partial charge in [-0.15, -0.1) is 0 Å². The molecule has 0 amide bonds. The highest BCUT2D eigenvalue weighted by Gasteiger charge is 2.38. The molecule has 1 aliphatic heterocycles. The van der Waals surface area contributed by atoms with Gasteiger partial charge in [0.25, 0.3) is 0 Å². The second-order valence-corrected chi connectivity index (χ2v) is 5.81. The zero-order chi connectivity index (χ0) is 11.9. The van der Waals surface area contributed by atoms with Crippen molar-refractivity contribution in [2.75, 3.05) is 0 Å². The molecule has 3 nitrogen and oxygen atoms in total. The number of piperidine rings is 1. The summed E-state index contributed by atoms with van der Waals surface area (Å²) in [5, 5.41) is 14.3. The van der Waals surface area contributed by atoms with Crippen molar-refractivity contribution in [2.24, 2.45) is 5.92 Å². The van der Waals surface area contributed by atoms with E-state index in [1.54, 1.807) is 0 Å². The number of aliphatic carboxylic acids is 1. The van der Waals surface area contributed by atoms with Crippen LogP contribution in [0.5, 0.6) is 0 Å². The first kappa shape index (κ1) is 12.2. The summed E-state index contributed by atoms with van der Waals surface area (Å²) in [5.41, 5.74) is 0.132. The number of carboxylic acid groups (broad SMARTS) is 1. The van der Waals surface area contributed by atoms with Gasteiger partial charge in [-0.05, 0) is 52.0 Å². The number of carboxylic acids is 1. The summed E-state index contributed by atoms with van der Waals surface area (Å²) in [5.74, 6) is -1.10. The van der Waals surface area contributed by atoms with Crippen LogP contribution >= 0.6 is 0 Å². The summed E-state index contributed by atoms with van der Waals surface area (Å²) in [7, 11) is 0. The summed E-state index contributed by atoms with van der Waals surface area (Å²) in [6.45, 7) is 12.0. The van der Waals surface area contributed by atoms with Crippen molar-refractivity contribution in [1.82, 2.24) is 5.32 Å². The molecule has 0 radical (unpaired) electrons. The topological polar surface area (TPSA) is 52.2 Å². The molecule has 0 atom stereocenters. The van der Waals surface area contributed by atoms with Crippen molar-refractivity contribution in [3.05, 3.63) is 12.2 Å². The maximum atomic E-state index is 10.8. The molecule has 0 aromatic heterocycles. The largest absolute Gasteiger partial charge is 0.545 e. The highest BCUT2D eigenvalue weighted by atomic mass is 16.4. The first-order valence-electron chi connectivity index (χ1n) is 5.32. The lowest BCUT2D eigenvalue weighted by Crippen LogP contribution is -2.58. The van der Waals surface area contributed by atoms with Crippen LogP contribution < -0.4 is 10.4 Å². The molecule has 0 saturated carbocycles. The third-order valence-electron chi connectivity index (χ3n) is 2.95. The molecular weight excluding hydrogens is 190 g/mol. The van der Waals surface area contributed by atoms with Gasteiger partial charge in [-0.3, -0.25) is 0 Å². The van der Waals surface area contributed by atoms with Gasteiger partial charge in [0, 0.05) is 11.1 Å². The fourth-order valence-electron chi connectivity index (χ4n) is 2.74. The third kappa shape index (κ3) is 3.06. The summed E-state index contributed by atoms with van der Waals surface area (Å²) < 4.78 is 0. The number of nitrogens with one attached hydrogen (secondary N) is 1. The Labute approximate surface area is 91.6 Å². The molecule has 86 valence electrons. The van der Waals surface area contributed by atoms with Crippen molar-refractivity contribution in [2.45, 2.75) is 51.6 Å². The van der Waals surface area contributed by atoms with E-state index in [1.165, 1.54) is 0 Å². The van der Waals surface area contributed by atoms with E-state index in [0.29, 0.717) is 0 Å². The lowest BCUT2D eigenvalue weighted by molar-refractivity contribution is -0.300. The second-order valence-electron chi connectivity index (χ2n) is 5.81. The predicted molar refractivity (Wildman–Crippen MR) is 58.2 cm³/mol. The smallest absolute Gasteiger partial charge is 0.0671 e. The highest BCUT2D eigenvalue weighted by molar-refractivity contribution is 5.84. The molecule has 0 unspecified atom stereocenters. The zero-order valence-electron chi connectivity index (χ0n) is 10.0. The van der Waals surface area contributed by atoms with E-state index >= 15 is 0 Å². The Kier molecular flexibility index (Phi) is 2.97. The normalized spacial score (nSPS) is 24.8. The molecule has 3 heteroatoms. The number of rotatable bonds is 2. The van der Waals surface area contributed by atoms with Gasteiger partial charge in [0.2, 0.25) is 0 Å². The van der Waals surface area contributed by atoms with Gasteiger partial charge in [-0.2, -0.15) is 0 Å². The number of hydrogen-bond donors (Lipinski definition) is 1. The Bertz CT molecular complexity index is 276. The minimum absolute atomic E-state index is 0.0150. The molecule has 0 aromatic carbocycles.